The van der Waals surface area contributed by atoms with Crippen molar-refractivity contribution in [3.05, 3.63) is 97.2 Å². The Hall–Kier alpha value is -3.67. The van der Waals surface area contributed by atoms with E-state index in [9.17, 15) is 14.4 Å². The van der Waals surface area contributed by atoms with Gasteiger partial charge >= 0.3 is 17.9 Å². The number of hydrogen-bond acceptors (Lipinski definition) is 6. The number of unbranched alkanes of at least 4 members (excludes halogenated alkanes) is 23. The summed E-state index contributed by atoms with van der Waals surface area (Å²) in [6.07, 6.45) is 65.3. The summed E-state index contributed by atoms with van der Waals surface area (Å²) in [6, 6.07) is 0. The topological polar surface area (TPSA) is 78.9 Å². The number of ether oxygens (including phenoxy) is 3. The van der Waals surface area contributed by atoms with Crippen LogP contribution in [0.3, 0.4) is 0 Å². The first kappa shape index (κ1) is 58.3. The van der Waals surface area contributed by atoms with Crippen LogP contribution in [-0.4, -0.2) is 37.2 Å². The fourth-order valence-corrected chi connectivity index (χ4v) is 6.76. The fourth-order valence-electron chi connectivity index (χ4n) is 6.76. The lowest BCUT2D eigenvalue weighted by atomic mass is 10.0. The van der Waals surface area contributed by atoms with E-state index in [1.54, 1.807) is 0 Å². The molecule has 0 fully saturated rings. The molecule has 0 aliphatic heterocycles. The minimum absolute atomic E-state index is 0.101. The highest BCUT2D eigenvalue weighted by molar-refractivity contribution is 5.71. The van der Waals surface area contributed by atoms with E-state index >= 15 is 0 Å². The molecule has 0 spiro atoms. The van der Waals surface area contributed by atoms with Gasteiger partial charge in [-0.2, -0.15) is 0 Å². The van der Waals surface area contributed by atoms with Crippen LogP contribution in [-0.2, 0) is 28.6 Å². The molecule has 0 N–H and O–H groups in total. The zero-order chi connectivity index (χ0) is 45.1. The standard InChI is InChI=1S/C56H92O6/c1-4-7-10-13-16-19-22-25-27-29-31-34-37-40-43-46-49-55(58)61-52-53(51-60-54(57)48-45-42-39-36-33-30-24-21-18-15-12-9-6-3)62-56(59)50-47-44-41-38-35-32-28-26-23-20-17-14-11-8-5-2/h8-9,11-12,14-15,17-18,20-21,23-24,26,28,32,35,53H,4-7,10,13,16,19,22,25,27,29-31,33-34,36-52H2,1-3H3/b11-8+,12-9+,17-14+,18-15+,23-20+,24-21+,28-26+,35-32+. The van der Waals surface area contributed by atoms with Crippen LogP contribution in [0.2, 0.25) is 0 Å². The first-order valence-electron chi connectivity index (χ1n) is 25.3. The van der Waals surface area contributed by atoms with E-state index in [4.69, 9.17) is 14.2 Å². The first-order valence-corrected chi connectivity index (χ1v) is 25.3. The molecule has 62 heavy (non-hydrogen) atoms. The lowest BCUT2D eigenvalue weighted by Crippen LogP contribution is -2.30. The minimum atomic E-state index is -0.807. The number of hydrogen-bond donors (Lipinski definition) is 0. The summed E-state index contributed by atoms with van der Waals surface area (Å²) in [5.74, 6) is -0.967. The third kappa shape index (κ3) is 47.4. The van der Waals surface area contributed by atoms with Crippen molar-refractivity contribution in [2.75, 3.05) is 13.2 Å². The second-order valence-electron chi connectivity index (χ2n) is 16.5. The van der Waals surface area contributed by atoms with Crippen molar-refractivity contribution in [2.45, 2.75) is 226 Å². The molecule has 1 atom stereocenters. The summed E-state index contributed by atoms with van der Waals surface area (Å²) >= 11 is 0. The van der Waals surface area contributed by atoms with Crippen LogP contribution in [0.15, 0.2) is 97.2 Å². The Bertz CT molecular complexity index is 1260. The fraction of sp³-hybridized carbons (Fsp3) is 0.661. The van der Waals surface area contributed by atoms with Crippen molar-refractivity contribution >= 4 is 17.9 Å². The second kappa shape index (κ2) is 50.0. The van der Waals surface area contributed by atoms with E-state index in [1.165, 1.54) is 83.5 Å². The summed E-state index contributed by atoms with van der Waals surface area (Å²) in [6.45, 7) is 6.30. The van der Waals surface area contributed by atoms with Crippen molar-refractivity contribution in [3.63, 3.8) is 0 Å². The van der Waals surface area contributed by atoms with Crippen LogP contribution in [0.1, 0.15) is 220 Å². The highest BCUT2D eigenvalue weighted by Crippen LogP contribution is 2.15. The molecule has 0 saturated carbocycles. The predicted octanol–water partition coefficient (Wildman–Crippen LogP) is 16.6. The maximum absolute atomic E-state index is 12.8. The molecule has 0 amide bonds. The van der Waals surface area contributed by atoms with E-state index in [-0.39, 0.29) is 37.5 Å². The molecule has 0 bridgehead atoms. The van der Waals surface area contributed by atoms with Crippen LogP contribution in [0.25, 0.3) is 0 Å². The monoisotopic (exact) mass is 861 g/mol. The summed E-state index contributed by atoms with van der Waals surface area (Å²) < 4.78 is 16.7. The Kier molecular flexibility index (Phi) is 47.0. The molecular formula is C56H92O6. The average Bonchev–Trinajstić information content (AvgIpc) is 3.27. The van der Waals surface area contributed by atoms with Gasteiger partial charge in [-0.15, -0.1) is 0 Å². The Balaban J connectivity index is 4.48. The molecule has 0 aromatic rings. The van der Waals surface area contributed by atoms with Gasteiger partial charge in [0, 0.05) is 19.3 Å². The van der Waals surface area contributed by atoms with E-state index in [1.807, 2.05) is 48.6 Å². The van der Waals surface area contributed by atoms with Gasteiger partial charge in [-0.1, -0.05) is 240 Å². The van der Waals surface area contributed by atoms with Crippen LogP contribution in [0.4, 0.5) is 0 Å². The molecule has 6 heteroatoms. The van der Waals surface area contributed by atoms with Crippen LogP contribution in [0, 0.1) is 0 Å². The number of allylic oxidation sites excluding steroid dienone is 16. The molecule has 6 nitrogen and oxygen atoms in total. The van der Waals surface area contributed by atoms with Gasteiger partial charge in [0.1, 0.15) is 13.2 Å². The molecule has 0 radical (unpaired) electrons. The Morgan fingerprint density at radius 3 is 1.00 bits per heavy atom. The van der Waals surface area contributed by atoms with Gasteiger partial charge in [0.15, 0.2) is 6.10 Å². The average molecular weight is 861 g/mol. The normalized spacial score (nSPS) is 12.9. The van der Waals surface area contributed by atoms with E-state index in [0.717, 1.165) is 89.9 Å². The third-order valence-electron chi connectivity index (χ3n) is 10.5. The Labute approximate surface area is 381 Å². The molecular weight excluding hydrogens is 769 g/mol. The molecule has 1 unspecified atom stereocenters. The quantitative estimate of drug-likeness (QED) is 0.0263. The molecule has 0 aromatic carbocycles. The molecule has 0 aliphatic rings. The van der Waals surface area contributed by atoms with Gasteiger partial charge in [0.2, 0.25) is 0 Å². The second-order valence-corrected chi connectivity index (χ2v) is 16.5. The Morgan fingerprint density at radius 1 is 0.339 bits per heavy atom. The summed E-state index contributed by atoms with van der Waals surface area (Å²) in [4.78, 5) is 37.9. The van der Waals surface area contributed by atoms with Crippen molar-refractivity contribution in [3.8, 4) is 0 Å². The van der Waals surface area contributed by atoms with E-state index in [0.29, 0.717) is 19.3 Å². The summed E-state index contributed by atoms with van der Waals surface area (Å²) in [7, 11) is 0. The molecule has 0 aromatic heterocycles. The summed E-state index contributed by atoms with van der Waals surface area (Å²) in [5.41, 5.74) is 0. The number of rotatable bonds is 44. The van der Waals surface area contributed by atoms with Gasteiger partial charge in [-0.25, -0.2) is 0 Å². The lowest BCUT2D eigenvalue weighted by molar-refractivity contribution is -0.167. The zero-order valence-electron chi connectivity index (χ0n) is 40.1. The van der Waals surface area contributed by atoms with Crippen LogP contribution < -0.4 is 0 Å². The third-order valence-corrected chi connectivity index (χ3v) is 10.5. The number of carbonyl (C=O) groups is 3. The molecule has 0 aliphatic carbocycles. The molecule has 0 heterocycles. The van der Waals surface area contributed by atoms with Gasteiger partial charge in [0.25, 0.3) is 0 Å². The van der Waals surface area contributed by atoms with E-state index in [2.05, 4.69) is 69.4 Å². The maximum Gasteiger partial charge on any atom is 0.306 e. The van der Waals surface area contributed by atoms with Crippen LogP contribution in [0.5, 0.6) is 0 Å². The summed E-state index contributed by atoms with van der Waals surface area (Å²) in [5, 5.41) is 0. The minimum Gasteiger partial charge on any atom is -0.462 e. The molecule has 0 saturated heterocycles. The van der Waals surface area contributed by atoms with Crippen molar-refractivity contribution in [1.82, 2.24) is 0 Å². The highest BCUT2D eigenvalue weighted by Gasteiger charge is 2.19. The number of esters is 3. The highest BCUT2D eigenvalue weighted by atomic mass is 16.6. The van der Waals surface area contributed by atoms with Gasteiger partial charge < -0.3 is 14.2 Å². The van der Waals surface area contributed by atoms with Crippen molar-refractivity contribution < 1.29 is 28.6 Å². The van der Waals surface area contributed by atoms with Crippen molar-refractivity contribution in [1.29, 1.82) is 0 Å². The molecule has 352 valence electrons. The number of carbonyl (C=O) groups excluding carboxylic acids is 3. The Morgan fingerprint density at radius 2 is 0.629 bits per heavy atom. The molecule has 0 rings (SSSR count). The van der Waals surface area contributed by atoms with Crippen molar-refractivity contribution in [2.24, 2.45) is 0 Å². The smallest absolute Gasteiger partial charge is 0.306 e. The predicted molar refractivity (Wildman–Crippen MR) is 265 cm³/mol. The first-order chi connectivity index (χ1) is 30.5. The lowest BCUT2D eigenvalue weighted by Gasteiger charge is -2.18. The van der Waals surface area contributed by atoms with Crippen LogP contribution >= 0.6 is 0 Å². The maximum atomic E-state index is 12.8. The van der Waals surface area contributed by atoms with Gasteiger partial charge in [-0.05, 0) is 57.8 Å². The SMILES string of the molecule is CC/C=C/C=C/C=C/C=C/C=C/CCCCCC(=O)OC(COC(=O)CCCCCCC/C=C/C=C/C=C/CC)COC(=O)CCCCCCCCCCCCCCCCCC. The van der Waals surface area contributed by atoms with Gasteiger partial charge in [-0.3, -0.25) is 14.4 Å². The zero-order valence-corrected chi connectivity index (χ0v) is 40.1. The van der Waals surface area contributed by atoms with Gasteiger partial charge in [0.05, 0.1) is 0 Å². The van der Waals surface area contributed by atoms with E-state index < -0.39 is 6.10 Å². The largest absolute Gasteiger partial charge is 0.462 e.